The number of ether oxygens (including phenoxy) is 2. The standard InChI is InChI=1S/C28H33N3O3/c1-19(2)29-27(32)22(18-17-20-11-6-5-7-12-20)28(30-23-14-8-9-15-24(23)31-28)21-13-10-16-25(33-3)26(21)34-4/h5-16,19,22,30-31H,17-18H2,1-4H3,(H,29,32). The molecule has 178 valence electrons. The normalized spacial score (nSPS) is 14.5. The molecule has 34 heavy (non-hydrogen) atoms. The van der Waals surface area contributed by atoms with E-state index in [0.717, 1.165) is 23.4 Å². The second-order valence-electron chi connectivity index (χ2n) is 8.88. The fourth-order valence-electron chi connectivity index (χ4n) is 4.74. The predicted molar refractivity (Wildman–Crippen MR) is 136 cm³/mol. The van der Waals surface area contributed by atoms with E-state index in [-0.39, 0.29) is 11.9 Å². The molecule has 6 nitrogen and oxygen atoms in total. The number of anilines is 2. The first-order chi connectivity index (χ1) is 16.5. The topological polar surface area (TPSA) is 71.6 Å². The highest BCUT2D eigenvalue weighted by Gasteiger charge is 2.50. The van der Waals surface area contributed by atoms with E-state index < -0.39 is 11.6 Å². The first kappa shape index (κ1) is 23.5. The maximum Gasteiger partial charge on any atom is 0.227 e. The summed E-state index contributed by atoms with van der Waals surface area (Å²) in [6.45, 7) is 3.96. The molecule has 6 heteroatoms. The summed E-state index contributed by atoms with van der Waals surface area (Å²) < 4.78 is 11.5. The lowest BCUT2D eigenvalue weighted by Gasteiger charge is -2.39. The zero-order valence-electron chi connectivity index (χ0n) is 20.2. The highest BCUT2D eigenvalue weighted by atomic mass is 16.5. The molecule has 0 aliphatic carbocycles. The van der Waals surface area contributed by atoms with E-state index in [1.807, 2.05) is 74.5 Å². The monoisotopic (exact) mass is 459 g/mol. The van der Waals surface area contributed by atoms with Crippen molar-refractivity contribution >= 4 is 17.3 Å². The van der Waals surface area contributed by atoms with Crippen molar-refractivity contribution < 1.29 is 14.3 Å². The zero-order chi connectivity index (χ0) is 24.1. The van der Waals surface area contributed by atoms with Crippen LogP contribution in [-0.4, -0.2) is 26.2 Å². The molecule has 0 saturated heterocycles. The number of amides is 1. The van der Waals surface area contributed by atoms with Crippen molar-refractivity contribution in [1.29, 1.82) is 0 Å². The number of para-hydroxylation sites is 3. The van der Waals surface area contributed by atoms with Gasteiger partial charge in [0.25, 0.3) is 0 Å². The molecule has 0 saturated carbocycles. The predicted octanol–water partition coefficient (Wildman–Crippen LogP) is 5.17. The molecule has 1 aliphatic heterocycles. The van der Waals surface area contributed by atoms with Gasteiger partial charge < -0.3 is 25.4 Å². The number of methoxy groups -OCH3 is 2. The Morgan fingerprint density at radius 1 is 0.882 bits per heavy atom. The molecule has 1 heterocycles. The van der Waals surface area contributed by atoms with Crippen LogP contribution in [-0.2, 0) is 16.9 Å². The number of nitrogens with one attached hydrogen (secondary N) is 3. The highest BCUT2D eigenvalue weighted by molar-refractivity contribution is 5.87. The Morgan fingerprint density at radius 3 is 2.12 bits per heavy atom. The number of carbonyl (C=O) groups excluding carboxylic acids is 1. The molecule has 4 rings (SSSR count). The summed E-state index contributed by atoms with van der Waals surface area (Å²) in [5, 5.41) is 10.5. The molecule has 0 aromatic heterocycles. The third kappa shape index (κ3) is 4.53. The van der Waals surface area contributed by atoms with Crippen LogP contribution in [0.15, 0.2) is 72.8 Å². The smallest absolute Gasteiger partial charge is 0.227 e. The fourth-order valence-corrected chi connectivity index (χ4v) is 4.74. The first-order valence-electron chi connectivity index (χ1n) is 11.7. The van der Waals surface area contributed by atoms with Gasteiger partial charge in [-0.15, -0.1) is 0 Å². The summed E-state index contributed by atoms with van der Waals surface area (Å²) in [5.41, 5.74) is 2.96. The van der Waals surface area contributed by atoms with Crippen LogP contribution < -0.4 is 25.4 Å². The maximum atomic E-state index is 13.8. The summed E-state index contributed by atoms with van der Waals surface area (Å²) in [4.78, 5) is 13.8. The summed E-state index contributed by atoms with van der Waals surface area (Å²) in [5.74, 6) is 0.733. The third-order valence-electron chi connectivity index (χ3n) is 6.25. The number of carbonyl (C=O) groups is 1. The minimum Gasteiger partial charge on any atom is -0.493 e. The van der Waals surface area contributed by atoms with Crippen LogP contribution in [0.5, 0.6) is 11.5 Å². The lowest BCUT2D eigenvalue weighted by atomic mass is 9.80. The first-order valence-corrected chi connectivity index (χ1v) is 11.7. The molecular weight excluding hydrogens is 426 g/mol. The Bertz CT molecular complexity index is 1110. The average Bonchev–Trinajstić information content (AvgIpc) is 3.24. The summed E-state index contributed by atoms with van der Waals surface area (Å²) >= 11 is 0. The van der Waals surface area contributed by atoms with Crippen LogP contribution in [0.2, 0.25) is 0 Å². The Hall–Kier alpha value is -3.67. The quantitative estimate of drug-likeness (QED) is 0.412. The van der Waals surface area contributed by atoms with Gasteiger partial charge >= 0.3 is 0 Å². The van der Waals surface area contributed by atoms with Crippen molar-refractivity contribution in [1.82, 2.24) is 5.32 Å². The third-order valence-corrected chi connectivity index (χ3v) is 6.25. The number of rotatable bonds is 9. The number of hydrogen-bond acceptors (Lipinski definition) is 5. The molecule has 3 aromatic rings. The Kier molecular flexibility index (Phi) is 6.96. The molecule has 0 spiro atoms. The Labute approximate surface area is 201 Å². The van der Waals surface area contributed by atoms with Gasteiger partial charge in [0, 0.05) is 11.6 Å². The van der Waals surface area contributed by atoms with E-state index in [9.17, 15) is 4.79 Å². The van der Waals surface area contributed by atoms with Gasteiger partial charge in [0.15, 0.2) is 17.2 Å². The molecular formula is C28H33N3O3. The minimum atomic E-state index is -0.933. The second kappa shape index (κ2) is 10.1. The molecule has 3 aromatic carbocycles. The van der Waals surface area contributed by atoms with Crippen LogP contribution in [0.4, 0.5) is 11.4 Å². The number of hydrogen-bond donors (Lipinski definition) is 3. The zero-order valence-corrected chi connectivity index (χ0v) is 20.2. The Balaban J connectivity index is 1.85. The van der Waals surface area contributed by atoms with Crippen molar-refractivity contribution in [2.24, 2.45) is 5.92 Å². The van der Waals surface area contributed by atoms with Crippen molar-refractivity contribution in [2.75, 3.05) is 24.9 Å². The summed E-state index contributed by atoms with van der Waals surface area (Å²) in [6, 6.07) is 24.1. The van der Waals surface area contributed by atoms with Crippen molar-refractivity contribution in [3.05, 3.63) is 83.9 Å². The number of aryl methyl sites for hydroxylation is 1. The van der Waals surface area contributed by atoms with E-state index in [4.69, 9.17) is 9.47 Å². The van der Waals surface area contributed by atoms with Crippen molar-refractivity contribution in [3.63, 3.8) is 0 Å². The summed E-state index contributed by atoms with van der Waals surface area (Å²) in [6.07, 6.45) is 1.38. The van der Waals surface area contributed by atoms with Gasteiger partial charge in [-0.2, -0.15) is 0 Å². The molecule has 1 aliphatic rings. The maximum absolute atomic E-state index is 13.8. The van der Waals surface area contributed by atoms with E-state index in [1.54, 1.807) is 14.2 Å². The lowest BCUT2D eigenvalue weighted by molar-refractivity contribution is -0.127. The molecule has 1 atom stereocenters. The van der Waals surface area contributed by atoms with Crippen LogP contribution >= 0.6 is 0 Å². The van der Waals surface area contributed by atoms with Crippen molar-refractivity contribution in [3.8, 4) is 11.5 Å². The van der Waals surface area contributed by atoms with Crippen LogP contribution in [0.1, 0.15) is 31.4 Å². The van der Waals surface area contributed by atoms with Gasteiger partial charge in [0.2, 0.25) is 5.91 Å². The second-order valence-corrected chi connectivity index (χ2v) is 8.88. The van der Waals surface area contributed by atoms with Gasteiger partial charge in [-0.25, -0.2) is 0 Å². The number of benzene rings is 3. The van der Waals surface area contributed by atoms with Crippen LogP contribution in [0, 0.1) is 5.92 Å². The molecule has 0 bridgehead atoms. The summed E-state index contributed by atoms with van der Waals surface area (Å²) in [7, 11) is 3.25. The van der Waals surface area contributed by atoms with E-state index in [1.165, 1.54) is 5.56 Å². The molecule has 1 unspecified atom stereocenters. The van der Waals surface area contributed by atoms with Crippen molar-refractivity contribution in [2.45, 2.75) is 38.4 Å². The van der Waals surface area contributed by atoms with E-state index >= 15 is 0 Å². The highest BCUT2D eigenvalue weighted by Crippen LogP contribution is 2.49. The molecule has 1 amide bonds. The average molecular weight is 460 g/mol. The van der Waals surface area contributed by atoms with E-state index in [0.29, 0.717) is 17.9 Å². The SMILES string of the molecule is COc1cccc(C2(C(CCc3ccccc3)C(=O)NC(C)C)Nc3ccccc3N2)c1OC. The lowest BCUT2D eigenvalue weighted by Crippen LogP contribution is -2.53. The van der Waals surface area contributed by atoms with Gasteiger partial charge in [0.1, 0.15) is 0 Å². The minimum absolute atomic E-state index is 0.0137. The molecule has 0 radical (unpaired) electrons. The molecule has 3 N–H and O–H groups in total. The largest absolute Gasteiger partial charge is 0.493 e. The van der Waals surface area contributed by atoms with Gasteiger partial charge in [-0.05, 0) is 50.5 Å². The van der Waals surface area contributed by atoms with E-state index in [2.05, 4.69) is 28.1 Å². The van der Waals surface area contributed by atoms with Gasteiger partial charge in [-0.3, -0.25) is 4.79 Å². The number of fused-ring (bicyclic) bond motifs is 1. The van der Waals surface area contributed by atoms with Crippen LogP contribution in [0.3, 0.4) is 0 Å². The molecule has 0 fully saturated rings. The van der Waals surface area contributed by atoms with Gasteiger partial charge in [0.05, 0.1) is 31.5 Å². The Morgan fingerprint density at radius 2 is 1.53 bits per heavy atom. The van der Waals surface area contributed by atoms with Crippen LogP contribution in [0.25, 0.3) is 0 Å². The fraction of sp³-hybridized carbons (Fsp3) is 0.321. The van der Waals surface area contributed by atoms with Gasteiger partial charge in [-0.1, -0.05) is 54.6 Å².